The van der Waals surface area contributed by atoms with Gasteiger partial charge >= 0.3 is 0 Å². The maximum Gasteiger partial charge on any atom is 0.126 e. The maximum atomic E-state index is 13.9. The van der Waals surface area contributed by atoms with E-state index in [1.165, 1.54) is 0 Å². The molecule has 2 rings (SSSR count). The molecule has 1 heterocycles. The van der Waals surface area contributed by atoms with Crippen LogP contribution < -0.4 is 5.32 Å². The number of benzene rings is 1. The molecule has 20 heavy (non-hydrogen) atoms. The lowest BCUT2D eigenvalue weighted by Gasteiger charge is -2.19. The fourth-order valence-electron chi connectivity index (χ4n) is 2.61. The van der Waals surface area contributed by atoms with E-state index < -0.39 is 0 Å². The molecule has 0 fully saturated rings. The largest absolute Gasteiger partial charge is 0.466 e. The first-order chi connectivity index (χ1) is 9.45. The van der Waals surface area contributed by atoms with E-state index in [1.54, 1.807) is 13.0 Å². The van der Waals surface area contributed by atoms with Crippen molar-refractivity contribution in [3.63, 3.8) is 0 Å². The standard InChI is InChI=1S/C17H22FNO/c1-6-19-17(14-8-7-10(2)15(18)9-14)16-11(3)12(4)20-13(16)5/h7-9,17,19H,6H2,1-5H3. The molecule has 0 aliphatic carbocycles. The Morgan fingerprint density at radius 3 is 2.35 bits per heavy atom. The lowest BCUT2D eigenvalue weighted by atomic mass is 9.94. The van der Waals surface area contributed by atoms with E-state index in [-0.39, 0.29) is 11.9 Å². The third-order valence-electron chi connectivity index (χ3n) is 3.84. The summed E-state index contributed by atoms with van der Waals surface area (Å²) in [6, 6.07) is 5.39. The van der Waals surface area contributed by atoms with E-state index in [0.29, 0.717) is 5.56 Å². The van der Waals surface area contributed by atoms with Crippen LogP contribution in [-0.2, 0) is 0 Å². The minimum absolute atomic E-state index is 0.0347. The van der Waals surface area contributed by atoms with Crippen LogP contribution in [0.2, 0.25) is 0 Å². The molecule has 0 aliphatic heterocycles. The highest BCUT2D eigenvalue weighted by Gasteiger charge is 2.22. The fraction of sp³-hybridized carbons (Fsp3) is 0.412. The third kappa shape index (κ3) is 2.63. The van der Waals surface area contributed by atoms with Crippen LogP contribution in [0.15, 0.2) is 22.6 Å². The molecule has 0 aliphatic rings. The van der Waals surface area contributed by atoms with Crippen molar-refractivity contribution in [2.75, 3.05) is 6.54 Å². The Labute approximate surface area is 120 Å². The van der Waals surface area contributed by atoms with Crippen molar-refractivity contribution in [3.05, 3.63) is 57.8 Å². The molecule has 0 amide bonds. The van der Waals surface area contributed by atoms with Gasteiger partial charge in [-0.1, -0.05) is 19.1 Å². The van der Waals surface area contributed by atoms with E-state index >= 15 is 0 Å². The van der Waals surface area contributed by atoms with Gasteiger partial charge in [-0.05, 0) is 57.0 Å². The van der Waals surface area contributed by atoms with Gasteiger partial charge in [-0.2, -0.15) is 0 Å². The zero-order valence-electron chi connectivity index (χ0n) is 12.8. The molecule has 0 saturated heterocycles. The van der Waals surface area contributed by atoms with Gasteiger partial charge in [0, 0.05) is 5.56 Å². The van der Waals surface area contributed by atoms with E-state index in [9.17, 15) is 4.39 Å². The molecule has 2 aromatic rings. The molecule has 0 spiro atoms. The Bertz CT molecular complexity index is 616. The summed E-state index contributed by atoms with van der Waals surface area (Å²) in [4.78, 5) is 0. The second-order valence-corrected chi connectivity index (χ2v) is 5.25. The van der Waals surface area contributed by atoms with Crippen LogP contribution in [0, 0.1) is 33.5 Å². The smallest absolute Gasteiger partial charge is 0.126 e. The third-order valence-corrected chi connectivity index (χ3v) is 3.84. The molecule has 1 unspecified atom stereocenters. The van der Waals surface area contributed by atoms with Crippen molar-refractivity contribution in [2.24, 2.45) is 0 Å². The fourth-order valence-corrected chi connectivity index (χ4v) is 2.61. The van der Waals surface area contributed by atoms with Crippen molar-refractivity contribution in [1.82, 2.24) is 5.32 Å². The highest BCUT2D eigenvalue weighted by atomic mass is 19.1. The van der Waals surface area contributed by atoms with Gasteiger partial charge in [0.25, 0.3) is 0 Å². The average Bonchev–Trinajstić information content (AvgIpc) is 2.65. The quantitative estimate of drug-likeness (QED) is 0.897. The highest BCUT2D eigenvalue weighted by molar-refractivity contribution is 5.41. The first kappa shape index (κ1) is 14.8. The maximum absolute atomic E-state index is 13.9. The van der Waals surface area contributed by atoms with Crippen LogP contribution in [0.25, 0.3) is 0 Å². The normalized spacial score (nSPS) is 12.7. The lowest BCUT2D eigenvalue weighted by Crippen LogP contribution is -2.23. The van der Waals surface area contributed by atoms with Gasteiger partial charge in [0.2, 0.25) is 0 Å². The molecule has 0 saturated carbocycles. The minimum atomic E-state index is -0.166. The van der Waals surface area contributed by atoms with Crippen molar-refractivity contribution >= 4 is 0 Å². The summed E-state index contributed by atoms with van der Waals surface area (Å²) in [6.07, 6.45) is 0. The van der Waals surface area contributed by atoms with Crippen LogP contribution in [-0.4, -0.2) is 6.54 Å². The predicted octanol–water partition coefficient (Wildman–Crippen LogP) is 4.35. The Balaban J connectivity index is 2.53. The van der Waals surface area contributed by atoms with E-state index in [2.05, 4.69) is 19.2 Å². The predicted molar refractivity (Wildman–Crippen MR) is 79.6 cm³/mol. The van der Waals surface area contributed by atoms with E-state index in [4.69, 9.17) is 4.42 Å². The van der Waals surface area contributed by atoms with Crippen LogP contribution >= 0.6 is 0 Å². The number of hydrogen-bond donors (Lipinski definition) is 1. The summed E-state index contributed by atoms with van der Waals surface area (Å²) in [5, 5.41) is 3.43. The SMILES string of the molecule is CCNC(c1ccc(C)c(F)c1)c1c(C)oc(C)c1C. The molecule has 1 aromatic heterocycles. The second-order valence-electron chi connectivity index (χ2n) is 5.25. The average molecular weight is 275 g/mol. The number of nitrogens with one attached hydrogen (secondary N) is 1. The first-order valence-corrected chi connectivity index (χ1v) is 7.01. The highest BCUT2D eigenvalue weighted by Crippen LogP contribution is 2.32. The van der Waals surface area contributed by atoms with Gasteiger partial charge in [-0.25, -0.2) is 4.39 Å². The van der Waals surface area contributed by atoms with Gasteiger partial charge in [-0.3, -0.25) is 0 Å². The molecule has 1 N–H and O–H groups in total. The van der Waals surface area contributed by atoms with Gasteiger partial charge < -0.3 is 9.73 Å². The Kier molecular flexibility index (Phi) is 4.29. The topological polar surface area (TPSA) is 25.2 Å². The van der Waals surface area contributed by atoms with Crippen LogP contribution in [0.5, 0.6) is 0 Å². The van der Waals surface area contributed by atoms with Crippen LogP contribution in [0.4, 0.5) is 4.39 Å². The van der Waals surface area contributed by atoms with E-state index in [1.807, 2.05) is 26.0 Å². The number of rotatable bonds is 4. The summed E-state index contributed by atoms with van der Waals surface area (Å²) in [6.45, 7) is 10.6. The summed E-state index contributed by atoms with van der Waals surface area (Å²) in [7, 11) is 0. The molecule has 2 nitrogen and oxygen atoms in total. The van der Waals surface area contributed by atoms with Crippen molar-refractivity contribution in [1.29, 1.82) is 0 Å². The molecular formula is C17H22FNO. The molecule has 1 atom stereocenters. The van der Waals surface area contributed by atoms with Crippen LogP contribution in [0.1, 0.15) is 46.7 Å². The molecule has 1 aromatic carbocycles. The van der Waals surface area contributed by atoms with Crippen molar-refractivity contribution < 1.29 is 8.81 Å². The summed E-state index contributed by atoms with van der Waals surface area (Å²) < 4.78 is 19.6. The number of furan rings is 1. The summed E-state index contributed by atoms with van der Waals surface area (Å²) >= 11 is 0. The van der Waals surface area contributed by atoms with Gasteiger partial charge in [0.05, 0.1) is 6.04 Å². The molecular weight excluding hydrogens is 253 g/mol. The summed E-state index contributed by atoms with van der Waals surface area (Å²) in [5.74, 6) is 1.65. The first-order valence-electron chi connectivity index (χ1n) is 7.01. The van der Waals surface area contributed by atoms with Crippen molar-refractivity contribution in [2.45, 2.75) is 40.7 Å². The molecule has 0 radical (unpaired) electrons. The zero-order chi connectivity index (χ0) is 14.9. The number of halogens is 1. The Morgan fingerprint density at radius 1 is 1.15 bits per heavy atom. The monoisotopic (exact) mass is 275 g/mol. The number of hydrogen-bond acceptors (Lipinski definition) is 2. The second kappa shape index (κ2) is 5.80. The molecule has 108 valence electrons. The lowest BCUT2D eigenvalue weighted by molar-refractivity contribution is 0.493. The Hall–Kier alpha value is -1.61. The summed E-state index contributed by atoms with van der Waals surface area (Å²) in [5.41, 5.74) is 3.85. The van der Waals surface area contributed by atoms with Crippen LogP contribution in [0.3, 0.4) is 0 Å². The zero-order valence-corrected chi connectivity index (χ0v) is 12.8. The number of aryl methyl sites for hydroxylation is 3. The van der Waals surface area contributed by atoms with Gasteiger partial charge in [0.15, 0.2) is 0 Å². The van der Waals surface area contributed by atoms with Gasteiger partial charge in [-0.15, -0.1) is 0 Å². The molecule has 0 bridgehead atoms. The minimum Gasteiger partial charge on any atom is -0.466 e. The Morgan fingerprint density at radius 2 is 1.85 bits per heavy atom. The van der Waals surface area contributed by atoms with Crippen molar-refractivity contribution in [3.8, 4) is 0 Å². The van der Waals surface area contributed by atoms with Gasteiger partial charge in [0.1, 0.15) is 17.3 Å². The van der Waals surface area contributed by atoms with E-state index in [0.717, 1.165) is 34.8 Å². The molecule has 3 heteroatoms.